The molecule has 0 radical (unpaired) electrons. The third-order valence-corrected chi connectivity index (χ3v) is 8.40. The van der Waals surface area contributed by atoms with E-state index in [9.17, 15) is 13.2 Å². The van der Waals surface area contributed by atoms with Crippen LogP contribution in [0.2, 0.25) is 0 Å². The maximum Gasteiger partial charge on any atom is 0.251 e. The third-order valence-electron chi connectivity index (χ3n) is 4.69. The largest absolute Gasteiger partial charge is 0.316 e. The maximum absolute atomic E-state index is 12.5. The summed E-state index contributed by atoms with van der Waals surface area (Å²) in [5.41, 5.74) is 0.863. The van der Waals surface area contributed by atoms with E-state index >= 15 is 0 Å². The summed E-state index contributed by atoms with van der Waals surface area (Å²) < 4.78 is 25.0. The molecule has 3 rings (SSSR count). The molecule has 2 aliphatic heterocycles. The fourth-order valence-electron chi connectivity index (χ4n) is 3.32. The van der Waals surface area contributed by atoms with Crippen LogP contribution in [0, 0.1) is 5.92 Å². The van der Waals surface area contributed by atoms with Crippen LogP contribution in [0.25, 0.3) is 0 Å². The van der Waals surface area contributed by atoms with Crippen molar-refractivity contribution in [1.82, 2.24) is 0 Å². The fraction of sp³-hybridized carbons (Fsp3) is 0.529. The first-order valence-electron chi connectivity index (χ1n) is 8.39. The maximum atomic E-state index is 12.5. The average Bonchev–Trinajstić information content (AvgIpc) is 2.99. The Morgan fingerprint density at radius 2 is 2.08 bits per heavy atom. The van der Waals surface area contributed by atoms with Crippen molar-refractivity contribution >= 4 is 54.3 Å². The number of aliphatic imine (C=N–C) groups is 1. The van der Waals surface area contributed by atoms with Gasteiger partial charge in [0.15, 0.2) is 15.0 Å². The molecule has 2 fully saturated rings. The van der Waals surface area contributed by atoms with E-state index in [0.717, 1.165) is 23.0 Å². The molecule has 2 saturated heterocycles. The van der Waals surface area contributed by atoms with Crippen molar-refractivity contribution in [2.75, 3.05) is 16.4 Å². The molecule has 0 spiro atoms. The highest BCUT2D eigenvalue weighted by molar-refractivity contribution is 9.10. The number of amides is 1. The van der Waals surface area contributed by atoms with E-state index in [1.807, 2.05) is 43.0 Å². The lowest BCUT2D eigenvalue weighted by molar-refractivity contribution is -0.121. The topological polar surface area (TPSA) is 66.8 Å². The molecule has 1 aromatic rings. The number of hydrogen-bond donors (Lipinski definition) is 0. The predicted octanol–water partition coefficient (Wildman–Crippen LogP) is 3.49. The van der Waals surface area contributed by atoms with Gasteiger partial charge in [-0.25, -0.2) is 8.42 Å². The summed E-state index contributed by atoms with van der Waals surface area (Å²) in [5, 5.41) is 0.553. The van der Waals surface area contributed by atoms with Crippen LogP contribution in [0.4, 0.5) is 5.69 Å². The van der Waals surface area contributed by atoms with Gasteiger partial charge in [-0.3, -0.25) is 4.79 Å². The highest BCUT2D eigenvalue weighted by atomic mass is 79.9. The van der Waals surface area contributed by atoms with Crippen LogP contribution in [0.15, 0.2) is 33.7 Å². The van der Waals surface area contributed by atoms with Crippen LogP contribution in [0.1, 0.15) is 26.7 Å². The molecule has 0 aliphatic carbocycles. The second-order valence-electron chi connectivity index (χ2n) is 6.40. The Morgan fingerprint density at radius 1 is 1.36 bits per heavy atom. The molecule has 1 aromatic carbocycles. The lowest BCUT2D eigenvalue weighted by Gasteiger charge is -2.25. The van der Waals surface area contributed by atoms with Gasteiger partial charge in [0.25, 0.3) is 5.91 Å². The smallest absolute Gasteiger partial charge is 0.251 e. The molecule has 2 heterocycles. The molecule has 5 nitrogen and oxygen atoms in total. The lowest BCUT2D eigenvalue weighted by atomic mass is 10.0. The average molecular weight is 445 g/mol. The Morgan fingerprint density at radius 3 is 2.72 bits per heavy atom. The number of rotatable bonds is 4. The summed E-state index contributed by atoms with van der Waals surface area (Å²) in [5.74, 6) is 0.0531. The summed E-state index contributed by atoms with van der Waals surface area (Å²) in [4.78, 5) is 18.8. The number of nitrogens with zero attached hydrogens (tertiary/aromatic N) is 2. The van der Waals surface area contributed by atoms with Gasteiger partial charge in [-0.15, -0.1) is 0 Å². The monoisotopic (exact) mass is 444 g/mol. The molecule has 0 bridgehead atoms. The van der Waals surface area contributed by atoms with E-state index in [1.165, 1.54) is 11.8 Å². The molecule has 2 aliphatic rings. The van der Waals surface area contributed by atoms with Crippen LogP contribution < -0.4 is 4.90 Å². The minimum Gasteiger partial charge on any atom is -0.316 e. The summed E-state index contributed by atoms with van der Waals surface area (Å²) >= 11 is 4.88. The van der Waals surface area contributed by atoms with E-state index < -0.39 is 9.84 Å². The first kappa shape index (κ1) is 18.9. The lowest BCUT2D eigenvalue weighted by Crippen LogP contribution is -2.37. The molecular formula is C17H21BrN2O3S2. The van der Waals surface area contributed by atoms with E-state index in [2.05, 4.69) is 20.9 Å². The summed E-state index contributed by atoms with van der Waals surface area (Å²) in [7, 11) is -3.05. The van der Waals surface area contributed by atoms with Crippen molar-refractivity contribution in [3.05, 3.63) is 28.7 Å². The molecule has 0 N–H and O–H groups in total. The molecule has 0 aromatic heterocycles. The van der Waals surface area contributed by atoms with Gasteiger partial charge >= 0.3 is 0 Å². The molecule has 2 atom stereocenters. The third kappa shape index (κ3) is 3.95. The second kappa shape index (κ2) is 7.40. The number of benzene rings is 1. The zero-order valence-electron chi connectivity index (χ0n) is 14.2. The number of hydrogen-bond acceptors (Lipinski definition) is 4. The van der Waals surface area contributed by atoms with Gasteiger partial charge in [0.1, 0.15) is 0 Å². The molecule has 0 unspecified atom stereocenters. The van der Waals surface area contributed by atoms with Gasteiger partial charge in [-0.05, 0) is 31.0 Å². The molecule has 136 valence electrons. The predicted molar refractivity (Wildman–Crippen MR) is 107 cm³/mol. The van der Waals surface area contributed by atoms with E-state index in [4.69, 9.17) is 0 Å². The van der Waals surface area contributed by atoms with E-state index in [0.29, 0.717) is 5.17 Å². The highest BCUT2D eigenvalue weighted by Crippen LogP contribution is 2.41. The first-order chi connectivity index (χ1) is 11.8. The number of amidine groups is 1. The van der Waals surface area contributed by atoms with E-state index in [-0.39, 0.29) is 34.6 Å². The number of carbonyl (C=O) groups is 1. The van der Waals surface area contributed by atoms with Crippen LogP contribution in [0.5, 0.6) is 0 Å². The zero-order valence-corrected chi connectivity index (χ0v) is 17.4. The van der Waals surface area contributed by atoms with Gasteiger partial charge < -0.3 is 4.90 Å². The number of thioether (sulfide) groups is 1. The Labute approximate surface area is 161 Å². The SMILES string of the molecule is CCC(CC)C(=O)N=C1S[C@H]2CS(=O)(=O)C[C@H]2N1c1cccc(Br)c1. The Hall–Kier alpha value is -0.860. The number of carbonyl (C=O) groups excluding carboxylic acids is 1. The molecule has 25 heavy (non-hydrogen) atoms. The molecule has 8 heteroatoms. The zero-order chi connectivity index (χ0) is 18.2. The van der Waals surface area contributed by atoms with Crippen molar-refractivity contribution < 1.29 is 13.2 Å². The second-order valence-corrected chi connectivity index (χ2v) is 10.7. The van der Waals surface area contributed by atoms with Gasteiger partial charge in [-0.2, -0.15) is 4.99 Å². The van der Waals surface area contributed by atoms with Gasteiger partial charge in [-0.1, -0.05) is 47.6 Å². The molecule has 1 amide bonds. The van der Waals surface area contributed by atoms with Gasteiger partial charge in [0, 0.05) is 21.3 Å². The van der Waals surface area contributed by atoms with Crippen molar-refractivity contribution in [3.8, 4) is 0 Å². The van der Waals surface area contributed by atoms with Crippen molar-refractivity contribution in [3.63, 3.8) is 0 Å². The van der Waals surface area contributed by atoms with Crippen LogP contribution in [-0.2, 0) is 14.6 Å². The van der Waals surface area contributed by atoms with E-state index in [1.54, 1.807) is 0 Å². The number of halogens is 1. The first-order valence-corrected chi connectivity index (χ1v) is 11.9. The molecule has 0 saturated carbocycles. The number of anilines is 1. The molecular weight excluding hydrogens is 424 g/mol. The highest BCUT2D eigenvalue weighted by Gasteiger charge is 2.49. The van der Waals surface area contributed by atoms with Crippen molar-refractivity contribution in [1.29, 1.82) is 0 Å². The van der Waals surface area contributed by atoms with Crippen LogP contribution >= 0.6 is 27.7 Å². The Balaban J connectivity index is 1.99. The van der Waals surface area contributed by atoms with Crippen molar-refractivity contribution in [2.45, 2.75) is 38.0 Å². The Kier molecular flexibility index (Phi) is 5.60. The summed E-state index contributed by atoms with van der Waals surface area (Å²) in [6.07, 6.45) is 1.52. The minimum absolute atomic E-state index is 0.0720. The summed E-state index contributed by atoms with van der Waals surface area (Å²) in [6, 6.07) is 7.52. The summed E-state index contributed by atoms with van der Waals surface area (Å²) in [6.45, 7) is 3.98. The Bertz CT molecular complexity index is 806. The van der Waals surface area contributed by atoms with Crippen molar-refractivity contribution in [2.24, 2.45) is 10.9 Å². The number of sulfone groups is 1. The van der Waals surface area contributed by atoms with Crippen LogP contribution in [0.3, 0.4) is 0 Å². The normalized spacial score (nSPS) is 26.4. The number of fused-ring (bicyclic) bond motifs is 1. The fourth-order valence-corrected chi connectivity index (χ4v) is 7.62. The van der Waals surface area contributed by atoms with Gasteiger partial charge in [0.2, 0.25) is 0 Å². The van der Waals surface area contributed by atoms with Crippen LogP contribution in [-0.4, -0.2) is 42.3 Å². The van der Waals surface area contributed by atoms with Gasteiger partial charge in [0.05, 0.1) is 17.5 Å². The minimum atomic E-state index is -3.05. The standard InChI is InChI=1S/C17H21BrN2O3S2/c1-3-11(4-2)16(21)19-17-20(13-7-5-6-12(18)8-13)14-9-25(22,23)10-15(14)24-17/h5-8,11,14-15H,3-4,9-10H2,1-2H3/t14-,15+/m1/s1. The quantitative estimate of drug-likeness (QED) is 0.710.